The lowest BCUT2D eigenvalue weighted by molar-refractivity contribution is 0.0345. The normalized spacial score (nSPS) is 17.2. The summed E-state index contributed by atoms with van der Waals surface area (Å²) in [7, 11) is 0. The number of benzene rings is 1. The molecule has 6 heteroatoms. The molecule has 2 N–H and O–H groups in total. The number of carboxylic acids is 1. The summed E-state index contributed by atoms with van der Waals surface area (Å²) < 4.78 is 5.92. The van der Waals surface area contributed by atoms with Crippen molar-refractivity contribution < 1.29 is 19.4 Å². The van der Waals surface area contributed by atoms with Crippen LogP contribution in [0.5, 0.6) is 0 Å². The molecule has 2 rings (SSSR count). The monoisotopic (exact) mass is 355 g/mol. The largest absolute Gasteiger partial charge is 0.478 e. The highest BCUT2D eigenvalue weighted by Gasteiger charge is 2.32. The Hall–Kier alpha value is -1.40. The standard InChI is InChI=1S/C15H18BrNO4/c1-2-15(3-5-21-6-4-15)17-13(18)10-7-11(14(19)20)9-12(16)8-10/h7-9H,2-6H2,1H3,(H,17,18)(H,19,20). The van der Waals surface area contributed by atoms with Crippen molar-refractivity contribution in [2.45, 2.75) is 31.7 Å². The summed E-state index contributed by atoms with van der Waals surface area (Å²) in [4.78, 5) is 23.5. The zero-order valence-corrected chi connectivity index (χ0v) is 13.4. The molecular formula is C15H18BrNO4. The first-order chi connectivity index (χ1) is 9.96. The van der Waals surface area contributed by atoms with Gasteiger partial charge in [0, 0.05) is 28.8 Å². The third kappa shape index (κ3) is 3.83. The third-order valence-corrected chi connectivity index (χ3v) is 4.37. The van der Waals surface area contributed by atoms with Crippen LogP contribution in [0.2, 0.25) is 0 Å². The second kappa shape index (κ2) is 6.58. The Morgan fingerprint density at radius 1 is 1.29 bits per heavy atom. The molecule has 0 aliphatic carbocycles. The van der Waals surface area contributed by atoms with Gasteiger partial charge in [0.25, 0.3) is 5.91 Å². The topological polar surface area (TPSA) is 75.6 Å². The Balaban J connectivity index is 2.21. The Morgan fingerprint density at radius 2 is 1.90 bits per heavy atom. The fraction of sp³-hybridized carbons (Fsp3) is 0.467. The van der Waals surface area contributed by atoms with E-state index in [0.717, 1.165) is 19.3 Å². The average molecular weight is 356 g/mol. The van der Waals surface area contributed by atoms with Gasteiger partial charge in [-0.15, -0.1) is 0 Å². The number of rotatable bonds is 4. The molecule has 0 unspecified atom stereocenters. The Labute approximate surface area is 131 Å². The van der Waals surface area contributed by atoms with Crippen LogP contribution < -0.4 is 5.32 Å². The second-order valence-corrected chi connectivity index (χ2v) is 6.15. The van der Waals surface area contributed by atoms with Crippen molar-refractivity contribution in [3.63, 3.8) is 0 Å². The molecular weight excluding hydrogens is 338 g/mol. The van der Waals surface area contributed by atoms with Crippen molar-refractivity contribution in [1.29, 1.82) is 0 Å². The third-order valence-electron chi connectivity index (χ3n) is 3.91. The number of hydrogen-bond donors (Lipinski definition) is 2. The number of carbonyl (C=O) groups is 2. The molecule has 1 heterocycles. The van der Waals surface area contributed by atoms with Crippen molar-refractivity contribution >= 4 is 27.8 Å². The fourth-order valence-electron chi connectivity index (χ4n) is 2.49. The van der Waals surface area contributed by atoms with E-state index in [1.165, 1.54) is 12.1 Å². The van der Waals surface area contributed by atoms with Gasteiger partial charge < -0.3 is 15.2 Å². The number of carboxylic acid groups (broad SMARTS) is 1. The molecule has 0 spiro atoms. The maximum absolute atomic E-state index is 12.4. The predicted octanol–water partition coefficient (Wildman–Crippen LogP) is 2.84. The zero-order valence-electron chi connectivity index (χ0n) is 11.8. The van der Waals surface area contributed by atoms with Crippen LogP contribution >= 0.6 is 15.9 Å². The van der Waals surface area contributed by atoms with Crippen molar-refractivity contribution in [2.24, 2.45) is 0 Å². The zero-order chi connectivity index (χ0) is 15.5. The number of nitrogens with one attached hydrogen (secondary N) is 1. The first-order valence-electron chi connectivity index (χ1n) is 6.90. The average Bonchev–Trinajstić information content (AvgIpc) is 2.47. The van der Waals surface area contributed by atoms with Gasteiger partial charge >= 0.3 is 5.97 Å². The summed E-state index contributed by atoms with van der Waals surface area (Å²) in [6, 6.07) is 4.50. The molecule has 21 heavy (non-hydrogen) atoms. The molecule has 1 fully saturated rings. The second-order valence-electron chi connectivity index (χ2n) is 5.23. The maximum atomic E-state index is 12.4. The highest BCUT2D eigenvalue weighted by Crippen LogP contribution is 2.25. The van der Waals surface area contributed by atoms with Gasteiger partial charge in [0.1, 0.15) is 0 Å². The van der Waals surface area contributed by atoms with Gasteiger partial charge in [0.15, 0.2) is 0 Å². The number of carbonyl (C=O) groups excluding carboxylic acids is 1. The van der Waals surface area contributed by atoms with Crippen LogP contribution in [0.1, 0.15) is 46.9 Å². The molecule has 1 amide bonds. The van der Waals surface area contributed by atoms with Gasteiger partial charge in [-0.05, 0) is 37.5 Å². The van der Waals surface area contributed by atoms with Crippen LogP contribution in [0.4, 0.5) is 0 Å². The van der Waals surface area contributed by atoms with E-state index in [9.17, 15) is 9.59 Å². The predicted molar refractivity (Wildman–Crippen MR) is 81.6 cm³/mol. The smallest absolute Gasteiger partial charge is 0.335 e. The van der Waals surface area contributed by atoms with Crippen LogP contribution in [0.3, 0.4) is 0 Å². The number of ether oxygens (including phenoxy) is 1. The summed E-state index contributed by atoms with van der Waals surface area (Å²) >= 11 is 3.24. The number of halogens is 1. The molecule has 1 aliphatic rings. The van der Waals surface area contributed by atoms with Crippen molar-refractivity contribution in [2.75, 3.05) is 13.2 Å². The Morgan fingerprint density at radius 3 is 2.48 bits per heavy atom. The minimum atomic E-state index is -1.05. The van der Waals surface area contributed by atoms with Gasteiger partial charge in [0.05, 0.1) is 5.56 Å². The number of amides is 1. The van der Waals surface area contributed by atoms with E-state index < -0.39 is 5.97 Å². The van der Waals surface area contributed by atoms with Crippen molar-refractivity contribution in [3.05, 3.63) is 33.8 Å². The molecule has 0 bridgehead atoms. The lowest BCUT2D eigenvalue weighted by atomic mass is 9.87. The summed E-state index contributed by atoms with van der Waals surface area (Å²) in [6.45, 7) is 3.30. The van der Waals surface area contributed by atoms with E-state index in [1.807, 2.05) is 6.92 Å². The fourth-order valence-corrected chi connectivity index (χ4v) is 2.98. The minimum absolute atomic E-state index is 0.0899. The van der Waals surface area contributed by atoms with Crippen LogP contribution in [0, 0.1) is 0 Å². The van der Waals surface area contributed by atoms with Gasteiger partial charge in [-0.1, -0.05) is 22.9 Å². The first kappa shape index (κ1) is 16.0. The molecule has 114 valence electrons. The van der Waals surface area contributed by atoms with E-state index in [0.29, 0.717) is 23.2 Å². The minimum Gasteiger partial charge on any atom is -0.478 e. The Bertz CT molecular complexity index is 553. The molecule has 0 aromatic heterocycles. The SMILES string of the molecule is CCC1(NC(=O)c2cc(Br)cc(C(=O)O)c2)CCOCC1. The summed E-state index contributed by atoms with van der Waals surface area (Å²) in [6.07, 6.45) is 2.37. The van der Waals surface area contributed by atoms with Crippen LogP contribution in [-0.2, 0) is 4.74 Å². The molecule has 1 aromatic rings. The highest BCUT2D eigenvalue weighted by atomic mass is 79.9. The lowest BCUT2D eigenvalue weighted by Crippen LogP contribution is -2.51. The van der Waals surface area contributed by atoms with E-state index in [4.69, 9.17) is 9.84 Å². The molecule has 0 saturated carbocycles. The van der Waals surface area contributed by atoms with Crippen LogP contribution in [0.15, 0.2) is 22.7 Å². The quantitative estimate of drug-likeness (QED) is 0.870. The lowest BCUT2D eigenvalue weighted by Gasteiger charge is -2.37. The molecule has 0 atom stereocenters. The Kier molecular flexibility index (Phi) is 5.00. The summed E-state index contributed by atoms with van der Waals surface area (Å²) in [5.74, 6) is -1.30. The first-order valence-corrected chi connectivity index (χ1v) is 7.69. The van der Waals surface area contributed by atoms with E-state index in [-0.39, 0.29) is 17.0 Å². The number of hydrogen-bond acceptors (Lipinski definition) is 3. The van der Waals surface area contributed by atoms with Gasteiger partial charge in [-0.3, -0.25) is 4.79 Å². The van der Waals surface area contributed by atoms with E-state index >= 15 is 0 Å². The van der Waals surface area contributed by atoms with E-state index in [1.54, 1.807) is 6.07 Å². The summed E-state index contributed by atoms with van der Waals surface area (Å²) in [5.41, 5.74) is 0.175. The molecule has 1 aromatic carbocycles. The van der Waals surface area contributed by atoms with Crippen LogP contribution in [0.25, 0.3) is 0 Å². The van der Waals surface area contributed by atoms with Crippen molar-refractivity contribution in [3.8, 4) is 0 Å². The van der Waals surface area contributed by atoms with Gasteiger partial charge in [-0.25, -0.2) is 4.79 Å². The molecule has 1 aliphatic heterocycles. The molecule has 1 saturated heterocycles. The van der Waals surface area contributed by atoms with E-state index in [2.05, 4.69) is 21.2 Å². The highest BCUT2D eigenvalue weighted by molar-refractivity contribution is 9.10. The molecule has 0 radical (unpaired) electrons. The van der Waals surface area contributed by atoms with Crippen LogP contribution in [-0.4, -0.2) is 35.7 Å². The maximum Gasteiger partial charge on any atom is 0.335 e. The molecule has 5 nitrogen and oxygen atoms in total. The number of aromatic carboxylic acids is 1. The van der Waals surface area contributed by atoms with Gasteiger partial charge in [0.2, 0.25) is 0 Å². The summed E-state index contributed by atoms with van der Waals surface area (Å²) in [5, 5.41) is 12.1. The van der Waals surface area contributed by atoms with Gasteiger partial charge in [-0.2, -0.15) is 0 Å². The van der Waals surface area contributed by atoms with Crippen molar-refractivity contribution in [1.82, 2.24) is 5.32 Å².